The first-order chi connectivity index (χ1) is 5.66. The van der Waals surface area contributed by atoms with Crippen molar-refractivity contribution in [3.63, 3.8) is 0 Å². The molecular weight excluding hydrogens is 178 g/mol. The Morgan fingerprint density at radius 2 is 2.33 bits per heavy atom. The summed E-state index contributed by atoms with van der Waals surface area (Å²) in [6.45, 7) is 0. The van der Waals surface area contributed by atoms with Crippen LogP contribution in [-0.2, 0) is 4.74 Å². The van der Waals surface area contributed by atoms with Crippen LogP contribution in [0.5, 0.6) is 0 Å². The van der Waals surface area contributed by atoms with Gasteiger partial charge in [0.05, 0.1) is 0 Å². The lowest BCUT2D eigenvalue weighted by Gasteiger charge is -2.16. The first-order valence-corrected chi connectivity index (χ1v) is 3.75. The fourth-order valence-corrected chi connectivity index (χ4v) is 1.25. The molecule has 0 aromatic carbocycles. The van der Waals surface area contributed by atoms with Gasteiger partial charge in [0.15, 0.2) is 0 Å². The lowest BCUT2D eigenvalue weighted by molar-refractivity contribution is 0.169. The second-order valence-corrected chi connectivity index (χ2v) is 2.72. The van der Waals surface area contributed by atoms with E-state index in [0.717, 1.165) is 0 Å². The molecule has 0 radical (unpaired) electrons. The average molecular weight is 186 g/mol. The molecule has 0 spiro atoms. The molecule has 1 rings (SSSR count). The van der Waals surface area contributed by atoms with E-state index < -0.39 is 13.2 Å². The van der Waals surface area contributed by atoms with E-state index in [-0.39, 0.29) is 10.5 Å². The molecule has 1 aliphatic rings. The average Bonchev–Trinajstić information content (AvgIpc) is 2.03. The van der Waals surface area contributed by atoms with Crippen molar-refractivity contribution in [1.29, 1.82) is 0 Å². The standard InChI is InChI=1S/C7H8BClO3/c1-12-6-4-2-3-5(9)7(6)8(10)11/h3-4,6,10-11H,1H3. The van der Waals surface area contributed by atoms with Crippen LogP contribution in [0.2, 0.25) is 0 Å². The van der Waals surface area contributed by atoms with Crippen molar-refractivity contribution in [2.45, 2.75) is 6.10 Å². The van der Waals surface area contributed by atoms with E-state index in [1.54, 1.807) is 6.08 Å². The van der Waals surface area contributed by atoms with Gasteiger partial charge in [0.25, 0.3) is 0 Å². The third-order valence-corrected chi connectivity index (χ3v) is 1.90. The van der Waals surface area contributed by atoms with Crippen molar-refractivity contribution >= 4 is 18.7 Å². The molecule has 1 unspecified atom stereocenters. The summed E-state index contributed by atoms with van der Waals surface area (Å²) >= 11 is 5.69. The Balaban J connectivity index is 3.00. The van der Waals surface area contributed by atoms with Gasteiger partial charge in [-0.1, -0.05) is 11.6 Å². The highest BCUT2D eigenvalue weighted by Gasteiger charge is 2.26. The van der Waals surface area contributed by atoms with Crippen LogP contribution in [0.4, 0.5) is 0 Å². The van der Waals surface area contributed by atoms with Gasteiger partial charge in [-0.25, -0.2) is 0 Å². The topological polar surface area (TPSA) is 49.7 Å². The second kappa shape index (κ2) is 3.94. The number of hydrogen-bond donors (Lipinski definition) is 2. The fraction of sp³-hybridized carbons (Fsp3) is 0.286. The molecule has 0 aliphatic heterocycles. The second-order valence-electron chi connectivity index (χ2n) is 2.31. The molecule has 1 atom stereocenters. The molecule has 0 heterocycles. The molecule has 0 aromatic rings. The quantitative estimate of drug-likeness (QED) is 0.479. The van der Waals surface area contributed by atoms with Gasteiger partial charge in [-0.15, -0.1) is 5.73 Å². The molecule has 64 valence electrons. The molecule has 0 saturated heterocycles. The smallest absolute Gasteiger partial charge is 0.423 e. The molecule has 0 aromatic heterocycles. The van der Waals surface area contributed by atoms with Gasteiger partial charge in [-0.05, 0) is 12.2 Å². The van der Waals surface area contributed by atoms with Crippen molar-refractivity contribution in [2.75, 3.05) is 7.11 Å². The number of allylic oxidation sites excluding steroid dienone is 1. The van der Waals surface area contributed by atoms with Gasteiger partial charge in [0.2, 0.25) is 0 Å². The monoisotopic (exact) mass is 186 g/mol. The van der Waals surface area contributed by atoms with Crippen LogP contribution < -0.4 is 0 Å². The molecule has 3 nitrogen and oxygen atoms in total. The van der Waals surface area contributed by atoms with Crippen molar-refractivity contribution < 1.29 is 14.8 Å². The zero-order valence-corrected chi connectivity index (χ0v) is 7.25. The van der Waals surface area contributed by atoms with Gasteiger partial charge in [0, 0.05) is 17.6 Å². The SMILES string of the molecule is COC1C=C=CC(Cl)=C1B(O)O. The maximum absolute atomic E-state index is 8.91. The van der Waals surface area contributed by atoms with E-state index >= 15 is 0 Å². The Bertz CT molecular complexity index is 266. The lowest BCUT2D eigenvalue weighted by Crippen LogP contribution is -2.27. The van der Waals surface area contributed by atoms with Crippen LogP contribution in [-0.4, -0.2) is 30.4 Å². The molecule has 0 fully saturated rings. The van der Waals surface area contributed by atoms with Crippen molar-refractivity contribution in [3.8, 4) is 0 Å². The Kier molecular flexibility index (Phi) is 3.15. The summed E-state index contributed by atoms with van der Waals surface area (Å²) in [6.07, 6.45) is 2.54. The van der Waals surface area contributed by atoms with Crippen LogP contribution >= 0.6 is 11.6 Å². The minimum absolute atomic E-state index is 0.248. The van der Waals surface area contributed by atoms with Gasteiger partial charge < -0.3 is 14.8 Å². The molecule has 0 saturated carbocycles. The number of rotatable bonds is 2. The maximum Gasteiger partial charge on any atom is 0.488 e. The summed E-state index contributed by atoms with van der Waals surface area (Å²) in [6, 6.07) is 0. The molecule has 12 heavy (non-hydrogen) atoms. The highest BCUT2D eigenvalue weighted by atomic mass is 35.5. The van der Waals surface area contributed by atoms with Crippen molar-refractivity contribution in [3.05, 3.63) is 28.4 Å². The minimum Gasteiger partial charge on any atom is -0.423 e. The van der Waals surface area contributed by atoms with E-state index in [0.29, 0.717) is 0 Å². The van der Waals surface area contributed by atoms with Gasteiger partial charge in [-0.2, -0.15) is 0 Å². The number of methoxy groups -OCH3 is 1. The van der Waals surface area contributed by atoms with Crippen LogP contribution in [0.25, 0.3) is 0 Å². The summed E-state index contributed by atoms with van der Waals surface area (Å²) in [5.74, 6) is 0. The number of ether oxygens (including phenoxy) is 1. The highest BCUT2D eigenvalue weighted by molar-refractivity contribution is 6.54. The van der Waals surface area contributed by atoms with Gasteiger partial charge >= 0.3 is 7.12 Å². The number of halogens is 1. The van der Waals surface area contributed by atoms with Crippen LogP contribution in [0, 0.1) is 0 Å². The molecule has 2 N–H and O–H groups in total. The van der Waals surface area contributed by atoms with E-state index in [4.69, 9.17) is 26.4 Å². The normalized spacial score (nSPS) is 21.8. The molecule has 1 aliphatic carbocycles. The van der Waals surface area contributed by atoms with E-state index in [9.17, 15) is 0 Å². The minimum atomic E-state index is -1.59. The lowest BCUT2D eigenvalue weighted by atomic mass is 9.74. The zero-order valence-electron chi connectivity index (χ0n) is 6.49. The molecule has 0 bridgehead atoms. The van der Waals surface area contributed by atoms with Crippen molar-refractivity contribution in [1.82, 2.24) is 0 Å². The van der Waals surface area contributed by atoms with Gasteiger partial charge in [0.1, 0.15) is 6.10 Å². The highest BCUT2D eigenvalue weighted by Crippen LogP contribution is 2.21. The molecular formula is C7H8BClO3. The van der Waals surface area contributed by atoms with Crippen LogP contribution in [0.1, 0.15) is 0 Å². The predicted molar refractivity (Wildman–Crippen MR) is 46.5 cm³/mol. The summed E-state index contributed by atoms with van der Waals surface area (Å²) in [4.78, 5) is 0. The van der Waals surface area contributed by atoms with Crippen LogP contribution in [0.3, 0.4) is 0 Å². The summed E-state index contributed by atoms with van der Waals surface area (Å²) in [7, 11) is -0.127. The van der Waals surface area contributed by atoms with Gasteiger partial charge in [-0.3, -0.25) is 0 Å². The largest absolute Gasteiger partial charge is 0.488 e. The Labute approximate surface area is 75.8 Å². The van der Waals surface area contributed by atoms with E-state index in [2.05, 4.69) is 5.73 Å². The first kappa shape index (κ1) is 9.58. The Morgan fingerprint density at radius 1 is 1.67 bits per heavy atom. The van der Waals surface area contributed by atoms with Crippen LogP contribution in [0.15, 0.2) is 28.4 Å². The van der Waals surface area contributed by atoms with Crippen molar-refractivity contribution in [2.24, 2.45) is 0 Å². The van der Waals surface area contributed by atoms with E-state index in [1.807, 2.05) is 0 Å². The summed E-state index contributed by atoms with van der Waals surface area (Å²) in [5, 5.41) is 18.1. The Morgan fingerprint density at radius 3 is 2.75 bits per heavy atom. The maximum atomic E-state index is 8.91. The van der Waals surface area contributed by atoms with E-state index in [1.165, 1.54) is 13.2 Å². The Hall–Kier alpha value is -0.505. The summed E-state index contributed by atoms with van der Waals surface area (Å²) in [5.41, 5.74) is 2.98. The summed E-state index contributed by atoms with van der Waals surface area (Å²) < 4.78 is 4.94. The predicted octanol–water partition coefficient (Wildman–Crippen LogP) is 0.231. The first-order valence-electron chi connectivity index (χ1n) is 3.38. The third kappa shape index (κ3) is 1.80. The molecule has 5 heteroatoms. The number of hydrogen-bond acceptors (Lipinski definition) is 3. The third-order valence-electron chi connectivity index (χ3n) is 1.57. The zero-order chi connectivity index (χ0) is 9.14. The fourth-order valence-electron chi connectivity index (χ4n) is 0.983. The molecule has 0 amide bonds.